The topological polar surface area (TPSA) is 38.3 Å². The van der Waals surface area contributed by atoms with Crippen molar-refractivity contribution in [2.75, 3.05) is 13.2 Å². The Kier molecular flexibility index (Phi) is 8.06. The highest BCUT2D eigenvalue weighted by atomic mass is 16.5. The quantitative estimate of drug-likeness (QED) is 0.755. The molecule has 1 rings (SSSR count). The monoisotopic (exact) mass is 241 g/mol. The number of carbonyl (C=O) groups is 1. The molecule has 1 saturated heterocycles. The lowest BCUT2D eigenvalue weighted by atomic mass is 10.0. The smallest absolute Gasteiger partial charge is 0.305 e. The molecule has 0 aliphatic carbocycles. The average molecular weight is 241 g/mol. The number of nitrogens with one attached hydrogen (secondary N) is 1. The lowest BCUT2D eigenvalue weighted by molar-refractivity contribution is -0.143. The SMILES string of the molecule is CCCC1CCCCCCCC(=O)OCCN1. The second-order valence-electron chi connectivity index (χ2n) is 4.97. The molecule has 1 atom stereocenters. The van der Waals surface area contributed by atoms with E-state index < -0.39 is 0 Å². The van der Waals surface area contributed by atoms with Crippen LogP contribution in [0.3, 0.4) is 0 Å². The fraction of sp³-hybridized carbons (Fsp3) is 0.929. The molecular formula is C14H27NO2. The number of carbonyl (C=O) groups excluding carboxylic acids is 1. The molecule has 1 fully saturated rings. The minimum absolute atomic E-state index is 0.0295. The van der Waals surface area contributed by atoms with E-state index in [2.05, 4.69) is 12.2 Å². The maximum Gasteiger partial charge on any atom is 0.305 e. The third-order valence-corrected chi connectivity index (χ3v) is 3.37. The number of rotatable bonds is 2. The zero-order valence-corrected chi connectivity index (χ0v) is 11.2. The standard InChI is InChI=1S/C14H27NO2/c1-2-8-13-9-6-4-3-5-7-10-14(16)17-12-11-15-13/h13,15H,2-12H2,1H3. The van der Waals surface area contributed by atoms with Gasteiger partial charge in [0.15, 0.2) is 0 Å². The van der Waals surface area contributed by atoms with Crippen molar-refractivity contribution in [3.05, 3.63) is 0 Å². The summed E-state index contributed by atoms with van der Waals surface area (Å²) in [7, 11) is 0. The first kappa shape index (κ1) is 14.5. The first-order valence-electron chi connectivity index (χ1n) is 7.22. The molecule has 0 aromatic rings. The molecule has 1 unspecified atom stereocenters. The lowest BCUT2D eigenvalue weighted by Gasteiger charge is -2.17. The molecular weight excluding hydrogens is 214 g/mol. The summed E-state index contributed by atoms with van der Waals surface area (Å²) >= 11 is 0. The Labute approximate surface area is 105 Å². The summed E-state index contributed by atoms with van der Waals surface area (Å²) in [6.07, 6.45) is 10.3. The Morgan fingerprint density at radius 2 is 2.00 bits per heavy atom. The van der Waals surface area contributed by atoms with E-state index >= 15 is 0 Å². The van der Waals surface area contributed by atoms with Gasteiger partial charge >= 0.3 is 5.97 Å². The summed E-state index contributed by atoms with van der Waals surface area (Å²) in [6.45, 7) is 3.55. The van der Waals surface area contributed by atoms with Gasteiger partial charge in [0.1, 0.15) is 6.61 Å². The number of ether oxygens (including phenoxy) is 1. The van der Waals surface area contributed by atoms with Crippen LogP contribution in [0.15, 0.2) is 0 Å². The van der Waals surface area contributed by atoms with Crippen LogP contribution in [0.5, 0.6) is 0 Å². The van der Waals surface area contributed by atoms with Crippen LogP contribution in [0.2, 0.25) is 0 Å². The van der Waals surface area contributed by atoms with Crippen LogP contribution in [0.4, 0.5) is 0 Å². The van der Waals surface area contributed by atoms with E-state index in [0.29, 0.717) is 19.1 Å². The maximum atomic E-state index is 11.3. The molecule has 1 N–H and O–H groups in total. The van der Waals surface area contributed by atoms with Crippen LogP contribution in [0.1, 0.15) is 64.7 Å². The number of cyclic esters (lactones) is 1. The zero-order chi connectivity index (χ0) is 12.3. The molecule has 1 aliphatic heterocycles. The van der Waals surface area contributed by atoms with Crippen molar-refractivity contribution in [3.63, 3.8) is 0 Å². The molecule has 3 heteroatoms. The van der Waals surface area contributed by atoms with Crippen LogP contribution in [-0.4, -0.2) is 25.2 Å². The molecule has 1 aliphatic rings. The minimum Gasteiger partial charge on any atom is -0.464 e. The number of esters is 1. The summed E-state index contributed by atoms with van der Waals surface area (Å²) in [5.41, 5.74) is 0. The van der Waals surface area contributed by atoms with E-state index in [4.69, 9.17) is 4.74 Å². The summed E-state index contributed by atoms with van der Waals surface area (Å²) in [5, 5.41) is 3.50. The van der Waals surface area contributed by atoms with Gasteiger partial charge < -0.3 is 10.1 Å². The van der Waals surface area contributed by atoms with E-state index in [1.54, 1.807) is 0 Å². The highest BCUT2D eigenvalue weighted by molar-refractivity contribution is 5.69. The van der Waals surface area contributed by atoms with Gasteiger partial charge in [-0.15, -0.1) is 0 Å². The highest BCUT2D eigenvalue weighted by Gasteiger charge is 2.08. The fourth-order valence-corrected chi connectivity index (χ4v) is 2.39. The van der Waals surface area contributed by atoms with Gasteiger partial charge in [-0.3, -0.25) is 4.79 Å². The molecule has 0 bridgehead atoms. The highest BCUT2D eigenvalue weighted by Crippen LogP contribution is 2.12. The average Bonchev–Trinajstić information content (AvgIpc) is 2.34. The molecule has 100 valence electrons. The van der Waals surface area contributed by atoms with Crippen LogP contribution in [0.25, 0.3) is 0 Å². The first-order valence-corrected chi connectivity index (χ1v) is 7.22. The Morgan fingerprint density at radius 3 is 2.82 bits per heavy atom. The molecule has 0 aromatic heterocycles. The Hall–Kier alpha value is -0.570. The minimum atomic E-state index is -0.0295. The van der Waals surface area contributed by atoms with Gasteiger partial charge in [-0.1, -0.05) is 39.0 Å². The first-order chi connectivity index (χ1) is 8.33. The fourth-order valence-electron chi connectivity index (χ4n) is 2.39. The summed E-state index contributed by atoms with van der Waals surface area (Å²) in [6, 6.07) is 0.611. The molecule has 0 saturated carbocycles. The van der Waals surface area contributed by atoms with Crippen molar-refractivity contribution in [3.8, 4) is 0 Å². The Morgan fingerprint density at radius 1 is 1.24 bits per heavy atom. The van der Waals surface area contributed by atoms with E-state index in [1.807, 2.05) is 0 Å². The van der Waals surface area contributed by atoms with Gasteiger partial charge in [0.25, 0.3) is 0 Å². The second kappa shape index (κ2) is 9.46. The maximum absolute atomic E-state index is 11.3. The molecule has 1 heterocycles. The van der Waals surface area contributed by atoms with Crippen molar-refractivity contribution >= 4 is 5.97 Å². The molecule has 0 radical (unpaired) electrons. The predicted molar refractivity (Wildman–Crippen MR) is 70.0 cm³/mol. The predicted octanol–water partition coefficient (Wildman–Crippen LogP) is 3.03. The van der Waals surface area contributed by atoms with Crippen molar-refractivity contribution in [1.29, 1.82) is 0 Å². The van der Waals surface area contributed by atoms with Gasteiger partial charge in [0.2, 0.25) is 0 Å². The van der Waals surface area contributed by atoms with Crippen LogP contribution in [-0.2, 0) is 9.53 Å². The van der Waals surface area contributed by atoms with E-state index in [9.17, 15) is 4.79 Å². The number of hydrogen-bond acceptors (Lipinski definition) is 3. The third-order valence-electron chi connectivity index (χ3n) is 3.37. The van der Waals surface area contributed by atoms with Crippen LogP contribution in [0, 0.1) is 0 Å². The van der Waals surface area contributed by atoms with E-state index in [-0.39, 0.29) is 5.97 Å². The van der Waals surface area contributed by atoms with Gasteiger partial charge in [-0.2, -0.15) is 0 Å². The van der Waals surface area contributed by atoms with Gasteiger partial charge in [0.05, 0.1) is 0 Å². The molecule has 0 aromatic carbocycles. The zero-order valence-electron chi connectivity index (χ0n) is 11.2. The Balaban J connectivity index is 2.30. The third kappa shape index (κ3) is 7.37. The Bertz CT molecular complexity index is 206. The largest absolute Gasteiger partial charge is 0.464 e. The normalized spacial score (nSPS) is 25.2. The van der Waals surface area contributed by atoms with Crippen molar-refractivity contribution in [2.45, 2.75) is 70.8 Å². The van der Waals surface area contributed by atoms with E-state index in [0.717, 1.165) is 13.0 Å². The molecule has 0 spiro atoms. The second-order valence-corrected chi connectivity index (χ2v) is 4.97. The molecule has 0 amide bonds. The summed E-state index contributed by atoms with van der Waals surface area (Å²) in [4.78, 5) is 11.3. The molecule has 3 nitrogen and oxygen atoms in total. The van der Waals surface area contributed by atoms with Gasteiger partial charge in [-0.05, 0) is 19.3 Å². The van der Waals surface area contributed by atoms with Crippen LogP contribution >= 0.6 is 0 Å². The van der Waals surface area contributed by atoms with Crippen molar-refractivity contribution < 1.29 is 9.53 Å². The van der Waals surface area contributed by atoms with Gasteiger partial charge in [0, 0.05) is 19.0 Å². The number of hydrogen-bond donors (Lipinski definition) is 1. The van der Waals surface area contributed by atoms with E-state index in [1.165, 1.54) is 44.9 Å². The van der Waals surface area contributed by atoms with Gasteiger partial charge in [-0.25, -0.2) is 0 Å². The van der Waals surface area contributed by atoms with Crippen LogP contribution < -0.4 is 5.32 Å². The summed E-state index contributed by atoms with van der Waals surface area (Å²) < 4.78 is 5.18. The molecule has 17 heavy (non-hydrogen) atoms. The van der Waals surface area contributed by atoms with Crippen molar-refractivity contribution in [1.82, 2.24) is 5.32 Å². The van der Waals surface area contributed by atoms with Crippen molar-refractivity contribution in [2.24, 2.45) is 0 Å². The lowest BCUT2D eigenvalue weighted by Crippen LogP contribution is -2.32. The summed E-state index contributed by atoms with van der Waals surface area (Å²) in [5.74, 6) is -0.0295.